The lowest BCUT2D eigenvalue weighted by molar-refractivity contribution is -0.120. The van der Waals surface area contributed by atoms with Gasteiger partial charge in [0.25, 0.3) is 0 Å². The molecule has 2 unspecified atom stereocenters. The van der Waals surface area contributed by atoms with E-state index in [0.29, 0.717) is 23.6 Å². The van der Waals surface area contributed by atoms with Crippen LogP contribution in [0.1, 0.15) is 13.3 Å². The van der Waals surface area contributed by atoms with Gasteiger partial charge in [0.05, 0.1) is 31.5 Å². The number of carbonyl (C=O) groups excluding carboxylic acids is 1. The SMILES string of the molecule is CCCNC1COCC1C(=O)Nc1cnc(Br)cn1. The summed E-state index contributed by atoms with van der Waals surface area (Å²) in [5.41, 5.74) is 0. The largest absolute Gasteiger partial charge is 0.379 e. The summed E-state index contributed by atoms with van der Waals surface area (Å²) in [6.07, 6.45) is 4.10. The lowest BCUT2D eigenvalue weighted by atomic mass is 10.0. The van der Waals surface area contributed by atoms with Crippen LogP contribution in [0, 0.1) is 5.92 Å². The molecule has 2 rings (SSSR count). The zero-order chi connectivity index (χ0) is 13.7. The molecule has 0 saturated carbocycles. The van der Waals surface area contributed by atoms with Gasteiger partial charge in [-0.1, -0.05) is 6.92 Å². The average molecular weight is 329 g/mol. The Morgan fingerprint density at radius 2 is 2.32 bits per heavy atom. The highest BCUT2D eigenvalue weighted by atomic mass is 79.9. The number of amides is 1. The Morgan fingerprint density at radius 1 is 1.47 bits per heavy atom. The second-order valence-electron chi connectivity index (χ2n) is 4.42. The van der Waals surface area contributed by atoms with Crippen LogP contribution < -0.4 is 10.6 Å². The van der Waals surface area contributed by atoms with Crippen molar-refractivity contribution in [1.29, 1.82) is 0 Å². The Labute approximate surface area is 120 Å². The predicted octanol–water partition coefficient (Wildman–Crippen LogP) is 1.19. The molecule has 6 nitrogen and oxygen atoms in total. The van der Waals surface area contributed by atoms with Crippen LogP contribution in [-0.4, -0.2) is 41.7 Å². The smallest absolute Gasteiger partial charge is 0.232 e. The molecule has 104 valence electrons. The molecule has 2 atom stereocenters. The zero-order valence-electron chi connectivity index (χ0n) is 10.7. The fraction of sp³-hybridized carbons (Fsp3) is 0.583. The molecule has 1 saturated heterocycles. The van der Waals surface area contributed by atoms with Crippen molar-refractivity contribution in [3.8, 4) is 0 Å². The maximum absolute atomic E-state index is 12.2. The van der Waals surface area contributed by atoms with Gasteiger partial charge in [0.2, 0.25) is 5.91 Å². The van der Waals surface area contributed by atoms with E-state index in [1.807, 2.05) is 0 Å². The number of carbonyl (C=O) groups is 1. The van der Waals surface area contributed by atoms with Crippen molar-refractivity contribution >= 4 is 27.7 Å². The van der Waals surface area contributed by atoms with Crippen molar-refractivity contribution < 1.29 is 9.53 Å². The number of halogens is 1. The molecule has 1 fully saturated rings. The van der Waals surface area contributed by atoms with Gasteiger partial charge in [0, 0.05) is 6.04 Å². The molecular weight excluding hydrogens is 312 g/mol. The highest BCUT2D eigenvalue weighted by molar-refractivity contribution is 9.10. The van der Waals surface area contributed by atoms with Crippen LogP contribution in [0.15, 0.2) is 17.0 Å². The van der Waals surface area contributed by atoms with Gasteiger partial charge in [0.1, 0.15) is 4.60 Å². The van der Waals surface area contributed by atoms with Crippen LogP contribution in [0.2, 0.25) is 0 Å². The van der Waals surface area contributed by atoms with Gasteiger partial charge >= 0.3 is 0 Å². The number of anilines is 1. The van der Waals surface area contributed by atoms with E-state index in [4.69, 9.17) is 4.74 Å². The van der Waals surface area contributed by atoms with E-state index in [1.165, 1.54) is 6.20 Å². The quantitative estimate of drug-likeness (QED) is 0.849. The van der Waals surface area contributed by atoms with Crippen LogP contribution in [-0.2, 0) is 9.53 Å². The van der Waals surface area contributed by atoms with Crippen LogP contribution in [0.3, 0.4) is 0 Å². The van der Waals surface area contributed by atoms with Crippen LogP contribution >= 0.6 is 15.9 Å². The fourth-order valence-electron chi connectivity index (χ4n) is 1.94. The molecule has 0 aliphatic carbocycles. The van der Waals surface area contributed by atoms with E-state index in [-0.39, 0.29) is 17.9 Å². The molecule has 1 aliphatic rings. The number of ether oxygens (including phenoxy) is 1. The standard InChI is InChI=1S/C12H17BrN4O2/c1-2-3-14-9-7-19-6-8(9)12(18)17-11-5-15-10(13)4-16-11/h4-5,8-9,14H,2-3,6-7H2,1H3,(H,16,17,18). The first-order chi connectivity index (χ1) is 9.20. The van der Waals surface area contributed by atoms with E-state index in [1.54, 1.807) is 6.20 Å². The Balaban J connectivity index is 1.93. The molecule has 1 amide bonds. The average Bonchev–Trinajstić information content (AvgIpc) is 2.87. The van der Waals surface area contributed by atoms with Crippen LogP contribution in [0.25, 0.3) is 0 Å². The summed E-state index contributed by atoms with van der Waals surface area (Å²) in [5.74, 6) is 0.189. The second-order valence-corrected chi connectivity index (χ2v) is 5.23. The van der Waals surface area contributed by atoms with E-state index >= 15 is 0 Å². The summed E-state index contributed by atoms with van der Waals surface area (Å²) >= 11 is 3.20. The van der Waals surface area contributed by atoms with Gasteiger partial charge < -0.3 is 15.4 Å². The molecule has 0 radical (unpaired) electrons. The molecule has 2 N–H and O–H groups in total. The molecule has 0 aromatic carbocycles. The topological polar surface area (TPSA) is 76.1 Å². The number of hydrogen-bond acceptors (Lipinski definition) is 5. The molecule has 1 aliphatic heterocycles. The van der Waals surface area contributed by atoms with Crippen molar-refractivity contribution in [2.45, 2.75) is 19.4 Å². The highest BCUT2D eigenvalue weighted by Crippen LogP contribution is 2.16. The first-order valence-corrected chi connectivity index (χ1v) is 7.09. The lowest BCUT2D eigenvalue weighted by Crippen LogP contribution is -2.41. The summed E-state index contributed by atoms with van der Waals surface area (Å²) in [5, 5.41) is 6.09. The first-order valence-electron chi connectivity index (χ1n) is 6.30. The molecule has 1 aromatic rings. The third-order valence-electron chi connectivity index (χ3n) is 2.95. The first kappa shape index (κ1) is 14.4. The molecule has 1 aromatic heterocycles. The van der Waals surface area contributed by atoms with E-state index in [2.05, 4.69) is 43.5 Å². The van der Waals surface area contributed by atoms with Crippen LogP contribution in [0.5, 0.6) is 0 Å². The summed E-state index contributed by atoms with van der Waals surface area (Å²) < 4.78 is 6.01. The summed E-state index contributed by atoms with van der Waals surface area (Å²) in [4.78, 5) is 20.3. The fourth-order valence-corrected chi connectivity index (χ4v) is 2.14. The summed E-state index contributed by atoms with van der Waals surface area (Å²) in [6.45, 7) is 3.99. The van der Waals surface area contributed by atoms with Crippen molar-refractivity contribution in [2.24, 2.45) is 5.92 Å². The lowest BCUT2D eigenvalue weighted by Gasteiger charge is -2.17. The predicted molar refractivity (Wildman–Crippen MR) is 74.8 cm³/mol. The molecule has 2 heterocycles. The number of nitrogens with one attached hydrogen (secondary N) is 2. The summed E-state index contributed by atoms with van der Waals surface area (Å²) in [7, 11) is 0. The Kier molecular flexibility index (Phi) is 5.24. The van der Waals surface area contributed by atoms with Crippen molar-refractivity contribution in [3.05, 3.63) is 17.0 Å². The highest BCUT2D eigenvalue weighted by Gasteiger charge is 2.33. The van der Waals surface area contributed by atoms with Gasteiger partial charge in [0.15, 0.2) is 5.82 Å². The van der Waals surface area contributed by atoms with Crippen LogP contribution in [0.4, 0.5) is 5.82 Å². The molecule has 19 heavy (non-hydrogen) atoms. The summed E-state index contributed by atoms with van der Waals surface area (Å²) in [6, 6.07) is 0.0726. The third kappa shape index (κ3) is 3.95. The van der Waals surface area contributed by atoms with E-state index in [9.17, 15) is 4.79 Å². The Morgan fingerprint density at radius 3 is 3.00 bits per heavy atom. The minimum atomic E-state index is -0.183. The maximum Gasteiger partial charge on any atom is 0.232 e. The second kappa shape index (κ2) is 6.93. The Bertz CT molecular complexity index is 426. The monoisotopic (exact) mass is 328 g/mol. The third-order valence-corrected chi connectivity index (χ3v) is 3.35. The molecule has 0 spiro atoms. The van der Waals surface area contributed by atoms with E-state index in [0.717, 1.165) is 13.0 Å². The van der Waals surface area contributed by atoms with Gasteiger partial charge in [-0.25, -0.2) is 9.97 Å². The van der Waals surface area contributed by atoms with Crippen molar-refractivity contribution in [3.63, 3.8) is 0 Å². The maximum atomic E-state index is 12.2. The minimum Gasteiger partial charge on any atom is -0.379 e. The molecular formula is C12H17BrN4O2. The molecule has 7 heteroatoms. The van der Waals surface area contributed by atoms with Gasteiger partial charge in [-0.05, 0) is 28.9 Å². The minimum absolute atomic E-state index is 0.0726. The van der Waals surface area contributed by atoms with Gasteiger partial charge in [-0.15, -0.1) is 0 Å². The van der Waals surface area contributed by atoms with Gasteiger partial charge in [-0.3, -0.25) is 4.79 Å². The number of aromatic nitrogens is 2. The van der Waals surface area contributed by atoms with E-state index < -0.39 is 0 Å². The molecule has 0 bridgehead atoms. The normalized spacial score (nSPS) is 22.4. The number of nitrogens with zero attached hydrogens (tertiary/aromatic N) is 2. The van der Waals surface area contributed by atoms with Crippen molar-refractivity contribution in [2.75, 3.05) is 25.1 Å². The zero-order valence-corrected chi connectivity index (χ0v) is 12.3. The van der Waals surface area contributed by atoms with Gasteiger partial charge in [-0.2, -0.15) is 0 Å². The Hall–Kier alpha value is -1.05. The number of rotatable bonds is 5. The van der Waals surface area contributed by atoms with Crippen molar-refractivity contribution in [1.82, 2.24) is 15.3 Å². The number of hydrogen-bond donors (Lipinski definition) is 2.